The Kier molecular flexibility index (Phi) is 5.46. The Morgan fingerprint density at radius 1 is 1.11 bits per heavy atom. The summed E-state index contributed by atoms with van der Waals surface area (Å²) in [6.07, 6.45) is 0. The average molecular weight is 260 g/mol. The van der Waals surface area contributed by atoms with Gasteiger partial charge in [0.25, 0.3) is 0 Å². The van der Waals surface area contributed by atoms with E-state index in [2.05, 4.69) is 35.5 Å². The van der Waals surface area contributed by atoms with Crippen molar-refractivity contribution in [1.29, 1.82) is 0 Å². The molecule has 0 aliphatic rings. The van der Waals surface area contributed by atoms with Crippen LogP contribution in [0.15, 0.2) is 12.1 Å². The molecule has 0 fully saturated rings. The molecule has 0 aliphatic carbocycles. The average Bonchev–Trinajstić information content (AvgIpc) is 2.87. The monoisotopic (exact) mass is 260 g/mol. The number of aliphatic hydroxyl groups is 3. The van der Waals surface area contributed by atoms with E-state index in [1.165, 1.54) is 11.3 Å². The lowest BCUT2D eigenvalue weighted by Gasteiger charge is -2.21. The summed E-state index contributed by atoms with van der Waals surface area (Å²) >= 11 is 1.21. The first-order chi connectivity index (χ1) is 8.66. The highest BCUT2D eigenvalue weighted by Crippen LogP contribution is 2.27. The molecule has 1 heterocycles. The molecule has 0 aromatic carbocycles. The van der Waals surface area contributed by atoms with Gasteiger partial charge in [0.2, 0.25) is 0 Å². The number of rotatable bonds is 3. The van der Waals surface area contributed by atoms with Gasteiger partial charge in [0.1, 0.15) is 5.60 Å². The Bertz CT molecular complexity index is 578. The van der Waals surface area contributed by atoms with Crippen LogP contribution in [0.2, 0.25) is 0 Å². The van der Waals surface area contributed by atoms with Crippen molar-refractivity contribution in [1.82, 2.24) is 0 Å². The maximum Gasteiger partial charge on any atom is 0.145 e. The van der Waals surface area contributed by atoms with Crippen molar-refractivity contribution in [2.24, 2.45) is 0 Å². The molecule has 1 rings (SSSR count). The molecule has 0 aliphatic heterocycles. The van der Waals surface area contributed by atoms with Gasteiger partial charge >= 0.3 is 0 Å². The first-order valence-electron chi connectivity index (χ1n) is 5.13. The van der Waals surface area contributed by atoms with E-state index in [9.17, 15) is 5.11 Å². The summed E-state index contributed by atoms with van der Waals surface area (Å²) < 4.78 is 0. The number of thiophene rings is 1. The lowest BCUT2D eigenvalue weighted by atomic mass is 10.1. The summed E-state index contributed by atoms with van der Waals surface area (Å²) in [4.78, 5) is 1.17. The number of hydrogen-bond acceptors (Lipinski definition) is 4. The van der Waals surface area contributed by atoms with Gasteiger partial charge in [0, 0.05) is 4.88 Å². The molecule has 3 nitrogen and oxygen atoms in total. The summed E-state index contributed by atoms with van der Waals surface area (Å²) in [5.74, 6) is 15.7. The smallest absolute Gasteiger partial charge is 0.145 e. The zero-order valence-corrected chi connectivity index (χ0v) is 10.6. The van der Waals surface area contributed by atoms with Crippen molar-refractivity contribution in [3.63, 3.8) is 0 Å². The molecule has 4 heteroatoms. The van der Waals surface area contributed by atoms with Crippen LogP contribution in [0.3, 0.4) is 0 Å². The second-order valence-corrected chi connectivity index (χ2v) is 4.47. The van der Waals surface area contributed by atoms with E-state index in [0.717, 1.165) is 0 Å². The SMILES string of the molecule is CC#CC#CC#Cc1ccc(C(O)(CO)CO)s1. The normalized spacial score (nSPS) is 9.33. The number of aliphatic hydroxyl groups excluding tert-OH is 2. The maximum atomic E-state index is 9.87. The largest absolute Gasteiger partial charge is 0.393 e. The topological polar surface area (TPSA) is 60.7 Å². The molecule has 0 saturated carbocycles. The predicted molar refractivity (Wildman–Crippen MR) is 70.5 cm³/mol. The zero-order chi connectivity index (χ0) is 13.4. The Hall–Kier alpha value is -1.74. The van der Waals surface area contributed by atoms with Gasteiger partial charge in [-0.25, -0.2) is 0 Å². The predicted octanol–water partition coefficient (Wildman–Crippen LogP) is 0.299. The second kappa shape index (κ2) is 6.87. The highest BCUT2D eigenvalue weighted by atomic mass is 32.1. The van der Waals surface area contributed by atoms with Crippen LogP contribution in [0.4, 0.5) is 0 Å². The van der Waals surface area contributed by atoms with Crippen LogP contribution < -0.4 is 0 Å². The van der Waals surface area contributed by atoms with Crippen molar-refractivity contribution < 1.29 is 15.3 Å². The molecule has 0 saturated heterocycles. The fourth-order valence-electron chi connectivity index (χ4n) is 1.08. The van der Waals surface area contributed by atoms with Crippen LogP contribution in [-0.4, -0.2) is 28.5 Å². The Morgan fingerprint density at radius 3 is 2.39 bits per heavy atom. The third kappa shape index (κ3) is 3.64. The van der Waals surface area contributed by atoms with E-state index in [1.807, 2.05) is 0 Å². The second-order valence-electron chi connectivity index (χ2n) is 3.39. The molecule has 3 N–H and O–H groups in total. The molecule has 1 aromatic heterocycles. The highest BCUT2D eigenvalue weighted by Gasteiger charge is 2.29. The van der Waals surface area contributed by atoms with Gasteiger partial charge in [0.15, 0.2) is 0 Å². The van der Waals surface area contributed by atoms with Gasteiger partial charge in [-0.3, -0.25) is 0 Å². The van der Waals surface area contributed by atoms with E-state index in [1.54, 1.807) is 19.1 Å². The van der Waals surface area contributed by atoms with Crippen LogP contribution in [0, 0.1) is 35.5 Å². The Morgan fingerprint density at radius 2 is 1.78 bits per heavy atom. The fraction of sp³-hybridized carbons (Fsp3) is 0.286. The summed E-state index contributed by atoms with van der Waals surface area (Å²) in [5.41, 5.74) is -1.61. The van der Waals surface area contributed by atoms with Gasteiger partial charge in [-0.15, -0.1) is 11.3 Å². The van der Waals surface area contributed by atoms with E-state index in [0.29, 0.717) is 9.75 Å². The minimum Gasteiger partial charge on any atom is -0.393 e. The summed E-state index contributed by atoms with van der Waals surface area (Å²) in [5, 5.41) is 28.0. The standard InChI is InChI=1S/C14H12O3S/c1-2-3-4-5-6-7-12-8-9-13(18-12)14(17,10-15)11-16/h8-9,15-17H,10-11H2,1H3. The van der Waals surface area contributed by atoms with Crippen LogP contribution in [0.1, 0.15) is 16.7 Å². The van der Waals surface area contributed by atoms with Gasteiger partial charge in [-0.2, -0.15) is 0 Å². The van der Waals surface area contributed by atoms with E-state index < -0.39 is 18.8 Å². The van der Waals surface area contributed by atoms with Gasteiger partial charge in [-0.1, -0.05) is 5.92 Å². The van der Waals surface area contributed by atoms with E-state index in [4.69, 9.17) is 10.2 Å². The minimum absolute atomic E-state index is 0.470. The summed E-state index contributed by atoms with van der Waals surface area (Å²) in [6.45, 7) is 0.615. The zero-order valence-electron chi connectivity index (χ0n) is 9.82. The van der Waals surface area contributed by atoms with Crippen molar-refractivity contribution in [2.75, 3.05) is 13.2 Å². The maximum absolute atomic E-state index is 9.87. The molecule has 92 valence electrons. The summed E-state index contributed by atoms with van der Waals surface area (Å²) in [6, 6.07) is 3.33. The van der Waals surface area contributed by atoms with E-state index >= 15 is 0 Å². The molecule has 0 spiro atoms. The quantitative estimate of drug-likeness (QED) is 0.685. The van der Waals surface area contributed by atoms with Crippen LogP contribution in [0.5, 0.6) is 0 Å². The van der Waals surface area contributed by atoms with Gasteiger partial charge in [-0.05, 0) is 48.7 Å². The van der Waals surface area contributed by atoms with E-state index in [-0.39, 0.29) is 0 Å². The third-order valence-electron chi connectivity index (χ3n) is 2.09. The molecule has 0 unspecified atom stereocenters. The number of hydrogen-bond donors (Lipinski definition) is 3. The molecule has 0 amide bonds. The third-order valence-corrected chi connectivity index (χ3v) is 3.28. The Balaban J connectivity index is 2.87. The van der Waals surface area contributed by atoms with Crippen molar-refractivity contribution in [2.45, 2.75) is 12.5 Å². The molecular formula is C14H12O3S. The van der Waals surface area contributed by atoms with Crippen molar-refractivity contribution >= 4 is 11.3 Å². The minimum atomic E-state index is -1.61. The molecule has 1 aromatic rings. The van der Waals surface area contributed by atoms with Crippen LogP contribution >= 0.6 is 11.3 Å². The first kappa shape index (κ1) is 14.3. The van der Waals surface area contributed by atoms with Crippen molar-refractivity contribution in [3.8, 4) is 35.5 Å². The lowest BCUT2D eigenvalue weighted by molar-refractivity contribution is -0.0571. The highest BCUT2D eigenvalue weighted by molar-refractivity contribution is 7.12. The summed E-state index contributed by atoms with van der Waals surface area (Å²) in [7, 11) is 0. The first-order valence-corrected chi connectivity index (χ1v) is 5.95. The molecule has 18 heavy (non-hydrogen) atoms. The van der Waals surface area contributed by atoms with Crippen LogP contribution in [-0.2, 0) is 5.60 Å². The Labute approximate surface area is 110 Å². The molecule has 0 bridgehead atoms. The molecular weight excluding hydrogens is 248 g/mol. The fourth-order valence-corrected chi connectivity index (χ4v) is 2.01. The van der Waals surface area contributed by atoms with Gasteiger partial charge < -0.3 is 15.3 Å². The molecule has 0 radical (unpaired) electrons. The van der Waals surface area contributed by atoms with Gasteiger partial charge in [0.05, 0.1) is 18.1 Å². The van der Waals surface area contributed by atoms with Crippen LogP contribution in [0.25, 0.3) is 0 Å². The molecule has 0 atom stereocenters. The van der Waals surface area contributed by atoms with Crippen molar-refractivity contribution in [3.05, 3.63) is 21.9 Å². The lowest BCUT2D eigenvalue weighted by Crippen LogP contribution is -2.33.